The number of hydrogen-bond acceptors (Lipinski definition) is 12. The molecule has 2 atom stereocenters. The van der Waals surface area contributed by atoms with E-state index in [0.29, 0.717) is 0 Å². The van der Waals surface area contributed by atoms with Gasteiger partial charge in [0.2, 0.25) is 0 Å². The van der Waals surface area contributed by atoms with Crippen molar-refractivity contribution < 1.29 is 19.8 Å². The van der Waals surface area contributed by atoms with Crippen LogP contribution in [0.3, 0.4) is 0 Å². The molecule has 0 aliphatic carbocycles. The first-order chi connectivity index (χ1) is 14.1. The zero-order valence-corrected chi connectivity index (χ0v) is 21.5. The minimum atomic E-state index is -1.83. The fraction of sp³-hybridized carbons (Fsp3) is 0.556. The van der Waals surface area contributed by atoms with Gasteiger partial charge in [-0.3, -0.25) is 0 Å². The molecular formula is C18H22CaN4O6S2. The van der Waals surface area contributed by atoms with Gasteiger partial charge in [0.15, 0.2) is 11.1 Å². The Morgan fingerprint density at radius 1 is 0.871 bits per heavy atom. The second-order valence-corrected chi connectivity index (χ2v) is 9.14. The second kappa shape index (κ2) is 13.3. The molecule has 0 unspecified atom stereocenters. The summed E-state index contributed by atoms with van der Waals surface area (Å²) in [4.78, 5) is 51.4. The molecule has 2 aromatic heterocycles. The van der Waals surface area contributed by atoms with E-state index in [1.165, 1.54) is 12.4 Å². The number of carbonyl (C=O) groups is 2. The summed E-state index contributed by atoms with van der Waals surface area (Å²) in [6.07, 6.45) is 3.10. The fourth-order valence-electron chi connectivity index (χ4n) is 2.78. The third-order valence-corrected chi connectivity index (χ3v) is 5.81. The van der Waals surface area contributed by atoms with Crippen LogP contribution in [0.5, 0.6) is 0 Å². The largest absolute Gasteiger partial charge is 2.00 e. The molecule has 2 rings (SSSR count). The van der Waals surface area contributed by atoms with Crippen LogP contribution in [0.25, 0.3) is 0 Å². The molecule has 0 aliphatic rings. The van der Waals surface area contributed by atoms with Gasteiger partial charge in [-0.1, -0.05) is 27.7 Å². The maximum atomic E-state index is 11.0. The maximum Gasteiger partial charge on any atom is 2.00 e. The summed E-state index contributed by atoms with van der Waals surface area (Å²) in [5.41, 5.74) is -3.66. The first-order valence-corrected chi connectivity index (χ1v) is 10.7. The van der Waals surface area contributed by atoms with E-state index in [1.54, 1.807) is 10.8 Å². The zero-order valence-electron chi connectivity index (χ0n) is 17.6. The van der Waals surface area contributed by atoms with Gasteiger partial charge in [-0.15, -0.1) is 32.5 Å². The Hall–Kier alpha value is -1.34. The minimum Gasteiger partial charge on any atom is -0.547 e. The summed E-state index contributed by atoms with van der Waals surface area (Å²) < 4.78 is 0. The van der Waals surface area contributed by atoms with E-state index in [-0.39, 0.29) is 72.4 Å². The molecule has 2 aromatic rings. The van der Waals surface area contributed by atoms with Crippen LogP contribution in [-0.4, -0.2) is 59.6 Å². The van der Waals surface area contributed by atoms with E-state index in [2.05, 4.69) is 20.3 Å². The number of nitrogens with zero attached hydrogens (tertiary/aromatic N) is 4. The third kappa shape index (κ3) is 7.35. The van der Waals surface area contributed by atoms with E-state index in [0.717, 1.165) is 22.7 Å². The van der Waals surface area contributed by atoms with Crippen molar-refractivity contribution in [2.45, 2.75) is 51.6 Å². The van der Waals surface area contributed by atoms with Crippen LogP contribution in [0.1, 0.15) is 50.6 Å². The normalized spacial score (nSPS) is 14.4. The molecule has 0 fully saturated rings. The Labute approximate surface area is 217 Å². The van der Waals surface area contributed by atoms with Crippen molar-refractivity contribution in [3.63, 3.8) is 0 Å². The van der Waals surface area contributed by atoms with Gasteiger partial charge < -0.3 is 19.8 Å². The van der Waals surface area contributed by atoms with E-state index < -0.39 is 23.0 Å². The second-order valence-electron chi connectivity index (χ2n) is 7.35. The molecule has 0 aliphatic heterocycles. The van der Waals surface area contributed by atoms with Crippen molar-refractivity contribution in [3.05, 3.63) is 43.0 Å². The van der Waals surface area contributed by atoms with E-state index >= 15 is 0 Å². The Morgan fingerprint density at radius 3 is 1.35 bits per heavy atom. The predicted octanol–water partition coefficient (Wildman–Crippen LogP) is 1.42. The Morgan fingerprint density at radius 2 is 1.19 bits per heavy atom. The summed E-state index contributed by atoms with van der Waals surface area (Å²) in [5.74, 6) is -2.93. The van der Waals surface area contributed by atoms with Crippen molar-refractivity contribution in [2.75, 3.05) is 0 Å². The molecule has 0 saturated heterocycles. The molecule has 0 N–H and O–H groups in total. The van der Waals surface area contributed by atoms with Gasteiger partial charge in [-0.05, 0) is 35.0 Å². The quantitative estimate of drug-likeness (QED) is 0.353. The summed E-state index contributed by atoms with van der Waals surface area (Å²) in [7, 11) is 0. The van der Waals surface area contributed by atoms with E-state index in [1.807, 2.05) is 27.7 Å². The first kappa shape index (κ1) is 29.7. The molecule has 31 heavy (non-hydrogen) atoms. The van der Waals surface area contributed by atoms with Crippen LogP contribution < -0.4 is 10.2 Å². The number of carboxylic acid groups (broad SMARTS) is 2. The molecule has 0 radical (unpaired) electrons. The van der Waals surface area contributed by atoms with Crippen LogP contribution in [0.15, 0.2) is 33.5 Å². The van der Waals surface area contributed by atoms with E-state index in [9.17, 15) is 29.6 Å². The van der Waals surface area contributed by atoms with Crippen LogP contribution in [-0.2, 0) is 20.7 Å². The van der Waals surface area contributed by atoms with Crippen LogP contribution in [0.4, 0.5) is 0 Å². The number of hydrogen-bond donors (Lipinski definition) is 0. The van der Waals surface area contributed by atoms with Gasteiger partial charge >= 0.3 is 37.7 Å². The number of aromatic nitrogens is 2. The van der Waals surface area contributed by atoms with Crippen LogP contribution in [0, 0.1) is 21.6 Å². The van der Waals surface area contributed by atoms with Crippen LogP contribution >= 0.6 is 22.7 Å². The monoisotopic (exact) mass is 494 g/mol. The molecule has 0 amide bonds. The smallest absolute Gasteiger partial charge is 0.547 e. The third-order valence-electron chi connectivity index (χ3n) is 3.97. The van der Waals surface area contributed by atoms with Gasteiger partial charge in [-0.25, -0.2) is 9.97 Å². The standard InChI is InChI=1S/2C9H12N2O3S.Ca/c2*1-6(2)5-9(11-14,8(12)13)7-10-3-4-15-7;/h2*3-4,6H,5H2,1-2H3,(H,12,13);/q;;+2/p-2/t2*9-;/m11./s1. The van der Waals surface area contributed by atoms with Gasteiger partial charge in [-0.2, -0.15) is 0 Å². The number of aliphatic carboxylic acids is 2. The SMILES string of the molecule is CC(C)C[C@](N=O)(C(=O)[O-])c1nccs1.CC(C)C[C@](N=O)(C(=O)[O-])c1nccs1.[Ca+2]. The van der Waals surface area contributed by atoms with Gasteiger partial charge in [0, 0.05) is 23.2 Å². The van der Waals surface area contributed by atoms with Crippen molar-refractivity contribution in [3.8, 4) is 0 Å². The van der Waals surface area contributed by atoms with Crippen molar-refractivity contribution in [1.82, 2.24) is 9.97 Å². The zero-order chi connectivity index (χ0) is 22.9. The summed E-state index contributed by atoms with van der Waals surface area (Å²) >= 11 is 2.20. The molecule has 0 aromatic carbocycles. The molecule has 2 heterocycles. The summed E-state index contributed by atoms with van der Waals surface area (Å²) in [5, 5.41) is 31.2. The molecule has 0 saturated carbocycles. The van der Waals surface area contributed by atoms with Crippen LogP contribution in [0.2, 0.25) is 0 Å². The molecule has 0 bridgehead atoms. The number of carboxylic acids is 2. The Balaban J connectivity index is 0.000000562. The molecular weight excluding hydrogens is 472 g/mol. The maximum absolute atomic E-state index is 11.0. The summed E-state index contributed by atoms with van der Waals surface area (Å²) in [6, 6.07) is 0. The van der Waals surface area contributed by atoms with Gasteiger partial charge in [0.25, 0.3) is 0 Å². The molecule has 0 spiro atoms. The van der Waals surface area contributed by atoms with Crippen molar-refractivity contribution in [1.29, 1.82) is 0 Å². The number of thiazole rings is 2. The first-order valence-electron chi connectivity index (χ1n) is 8.97. The van der Waals surface area contributed by atoms with Gasteiger partial charge in [0.05, 0.1) is 11.9 Å². The van der Waals surface area contributed by atoms with Gasteiger partial charge in [0.1, 0.15) is 10.0 Å². The Bertz CT molecular complexity index is 777. The molecule has 10 nitrogen and oxygen atoms in total. The number of nitroso groups, excluding NO2 is 2. The summed E-state index contributed by atoms with van der Waals surface area (Å²) in [6.45, 7) is 7.26. The Kier molecular flexibility index (Phi) is 12.7. The number of carbonyl (C=O) groups excluding carboxylic acids is 2. The average molecular weight is 495 g/mol. The van der Waals surface area contributed by atoms with E-state index in [4.69, 9.17) is 0 Å². The van der Waals surface area contributed by atoms with Crippen molar-refractivity contribution in [2.24, 2.45) is 22.2 Å². The minimum absolute atomic E-state index is 0. The predicted molar refractivity (Wildman–Crippen MR) is 114 cm³/mol. The average Bonchev–Trinajstić information content (AvgIpc) is 3.38. The number of rotatable bonds is 10. The topological polar surface area (TPSA) is 165 Å². The van der Waals surface area contributed by atoms with Crippen molar-refractivity contribution >= 4 is 72.4 Å². The molecule has 13 heteroatoms. The fourth-order valence-corrected chi connectivity index (χ4v) is 4.32. The molecule has 164 valence electrons.